The Labute approximate surface area is 231 Å². The number of rotatable bonds is 22. The van der Waals surface area contributed by atoms with Crippen LogP contribution in [0.1, 0.15) is 91.9 Å². The lowest BCUT2D eigenvalue weighted by atomic mass is 10.1. The third kappa shape index (κ3) is 14.6. The van der Waals surface area contributed by atoms with Crippen LogP contribution in [0, 0.1) is 0 Å². The van der Waals surface area contributed by atoms with E-state index >= 15 is 0 Å². The van der Waals surface area contributed by atoms with Gasteiger partial charge in [-0.05, 0) is 51.0 Å². The fraction of sp³-hybridized carbons (Fsp3) is 0.733. The van der Waals surface area contributed by atoms with Crippen molar-refractivity contribution in [2.45, 2.75) is 104 Å². The summed E-state index contributed by atoms with van der Waals surface area (Å²) in [5.74, 6) is 1.36. The van der Waals surface area contributed by atoms with E-state index in [1.54, 1.807) is 13.8 Å². The molecule has 1 aromatic rings. The Hall–Kier alpha value is -2.32. The highest BCUT2D eigenvalue weighted by atomic mass is 16.5. The van der Waals surface area contributed by atoms with Crippen molar-refractivity contribution in [2.75, 3.05) is 39.4 Å². The summed E-state index contributed by atoms with van der Waals surface area (Å²) in [4.78, 5) is 28.6. The number of benzene rings is 1. The van der Waals surface area contributed by atoms with Crippen LogP contribution in [0.2, 0.25) is 0 Å². The molecule has 2 atom stereocenters. The monoisotopic (exact) mass is 534 g/mol. The Balaban J connectivity index is 2.47. The number of nitrogens with zero attached hydrogens (tertiary/aromatic N) is 2. The third-order valence-corrected chi connectivity index (χ3v) is 6.55. The van der Waals surface area contributed by atoms with Gasteiger partial charge in [0.05, 0.1) is 25.2 Å². The minimum atomic E-state index is -0.512. The zero-order valence-corrected chi connectivity index (χ0v) is 24.5. The fourth-order valence-corrected chi connectivity index (χ4v) is 4.23. The molecule has 1 aromatic carbocycles. The predicted molar refractivity (Wildman–Crippen MR) is 155 cm³/mol. The Kier molecular flexibility index (Phi) is 18.3. The smallest absolute Gasteiger partial charge is 0.239 e. The molecule has 1 rings (SSSR count). The van der Waals surface area contributed by atoms with E-state index in [4.69, 9.17) is 20.9 Å². The molecular weight excluding hydrogens is 480 g/mol. The minimum Gasteiger partial charge on any atom is -0.492 e. The maximum absolute atomic E-state index is 12.5. The first kappa shape index (κ1) is 33.7. The van der Waals surface area contributed by atoms with Crippen LogP contribution in [0.4, 0.5) is 0 Å². The molecule has 0 aliphatic carbocycles. The predicted octanol–water partition coefficient (Wildman–Crippen LogP) is 4.74. The number of unbranched alkanes of at least 4 members (excludes halogenated alkanes) is 8. The first-order valence-corrected chi connectivity index (χ1v) is 14.7. The molecule has 0 saturated carbocycles. The number of ether oxygens (including phenoxy) is 2. The van der Waals surface area contributed by atoms with Gasteiger partial charge < -0.3 is 30.7 Å². The molecule has 0 fully saturated rings. The van der Waals surface area contributed by atoms with Gasteiger partial charge >= 0.3 is 0 Å². The summed E-state index contributed by atoms with van der Waals surface area (Å²) in [5, 5.41) is 0. The van der Waals surface area contributed by atoms with E-state index in [2.05, 4.69) is 13.8 Å². The van der Waals surface area contributed by atoms with Crippen LogP contribution < -0.4 is 20.9 Å². The molecule has 38 heavy (non-hydrogen) atoms. The second-order valence-corrected chi connectivity index (χ2v) is 10.2. The molecule has 0 radical (unpaired) electrons. The molecule has 0 aliphatic rings. The van der Waals surface area contributed by atoms with Crippen LogP contribution in [0.15, 0.2) is 24.3 Å². The zero-order chi connectivity index (χ0) is 28.2. The van der Waals surface area contributed by atoms with Gasteiger partial charge in [0.2, 0.25) is 11.8 Å². The molecule has 218 valence electrons. The maximum Gasteiger partial charge on any atom is 0.239 e. The number of hydrogen-bond donors (Lipinski definition) is 2. The zero-order valence-electron chi connectivity index (χ0n) is 24.5. The summed E-state index contributed by atoms with van der Waals surface area (Å²) < 4.78 is 11.8. The Bertz CT molecular complexity index is 692. The lowest BCUT2D eigenvalue weighted by molar-refractivity contribution is -0.133. The van der Waals surface area contributed by atoms with Crippen molar-refractivity contribution >= 4 is 11.8 Å². The maximum atomic E-state index is 12.5. The molecule has 4 N–H and O–H groups in total. The molecular formula is C30H54N4O4. The molecule has 8 heteroatoms. The van der Waals surface area contributed by atoms with Crippen LogP contribution in [-0.2, 0) is 9.59 Å². The second kappa shape index (κ2) is 20.6. The topological polar surface area (TPSA) is 111 Å². The van der Waals surface area contributed by atoms with Crippen LogP contribution in [-0.4, -0.2) is 73.1 Å². The highest BCUT2D eigenvalue weighted by Gasteiger charge is 2.18. The third-order valence-electron chi connectivity index (χ3n) is 6.55. The van der Waals surface area contributed by atoms with Crippen LogP contribution >= 0.6 is 0 Å². The molecule has 0 saturated heterocycles. The average molecular weight is 535 g/mol. The number of carbonyl (C=O) groups excluding carboxylic acids is 2. The van der Waals surface area contributed by atoms with Crippen molar-refractivity contribution in [1.82, 2.24) is 9.80 Å². The molecule has 0 unspecified atom stereocenters. The molecule has 0 bridgehead atoms. The quantitative estimate of drug-likeness (QED) is 0.208. The van der Waals surface area contributed by atoms with E-state index in [0.29, 0.717) is 50.9 Å². The van der Waals surface area contributed by atoms with E-state index < -0.39 is 12.1 Å². The van der Waals surface area contributed by atoms with Crippen molar-refractivity contribution in [3.8, 4) is 11.5 Å². The number of amides is 2. The van der Waals surface area contributed by atoms with Crippen LogP contribution in [0.25, 0.3) is 0 Å². The van der Waals surface area contributed by atoms with E-state index in [1.165, 1.54) is 38.5 Å². The number of nitrogens with two attached hydrogens (primary N) is 2. The molecule has 2 amide bonds. The summed E-state index contributed by atoms with van der Waals surface area (Å²) in [6, 6.07) is 6.41. The molecule has 0 heterocycles. The molecule has 0 spiro atoms. The van der Waals surface area contributed by atoms with Gasteiger partial charge in [0.15, 0.2) is 0 Å². The van der Waals surface area contributed by atoms with Gasteiger partial charge in [0.25, 0.3) is 0 Å². The van der Waals surface area contributed by atoms with Crippen LogP contribution in [0.3, 0.4) is 0 Å². The van der Waals surface area contributed by atoms with Crippen molar-refractivity contribution in [3.63, 3.8) is 0 Å². The average Bonchev–Trinajstić information content (AvgIpc) is 2.90. The first-order valence-electron chi connectivity index (χ1n) is 14.7. The lowest BCUT2D eigenvalue weighted by Gasteiger charge is -2.25. The normalized spacial score (nSPS) is 12.6. The summed E-state index contributed by atoms with van der Waals surface area (Å²) in [6.45, 7) is 11.1. The standard InChI is InChI=1S/C30H54N4O4/c1-5-7-9-11-13-19-33(29(35)25(3)31)21-23-37-27-15-17-28(18-16-27)38-24-22-34(30(36)26(4)32)20-14-12-10-8-6-2/h15-18,25-26H,5-14,19-24,31-32H2,1-4H3/t25-,26-/m0/s1. The Morgan fingerprint density at radius 1 is 0.632 bits per heavy atom. The Morgan fingerprint density at radius 3 is 1.29 bits per heavy atom. The van der Waals surface area contributed by atoms with E-state index in [-0.39, 0.29) is 11.8 Å². The highest BCUT2D eigenvalue weighted by Crippen LogP contribution is 2.18. The van der Waals surface area contributed by atoms with Gasteiger partial charge in [-0.15, -0.1) is 0 Å². The van der Waals surface area contributed by atoms with Gasteiger partial charge in [-0.25, -0.2) is 0 Å². The first-order chi connectivity index (χ1) is 18.3. The fourth-order valence-electron chi connectivity index (χ4n) is 4.23. The minimum absolute atomic E-state index is 0.0367. The lowest BCUT2D eigenvalue weighted by Crippen LogP contribution is -2.44. The largest absolute Gasteiger partial charge is 0.492 e. The SMILES string of the molecule is CCCCCCCN(CCOc1ccc(OCCN(CCCCCCC)C(=O)[C@H](C)N)cc1)C(=O)[C@H](C)N. The van der Waals surface area contributed by atoms with Crippen LogP contribution in [0.5, 0.6) is 11.5 Å². The summed E-state index contributed by atoms with van der Waals surface area (Å²) in [6.07, 6.45) is 11.5. The molecule has 0 aliphatic heterocycles. The van der Waals surface area contributed by atoms with E-state index in [1.807, 2.05) is 34.1 Å². The van der Waals surface area contributed by atoms with Gasteiger partial charge in [0, 0.05) is 13.1 Å². The number of hydrogen-bond acceptors (Lipinski definition) is 6. The van der Waals surface area contributed by atoms with Gasteiger partial charge in [-0.1, -0.05) is 65.2 Å². The molecule has 0 aromatic heterocycles. The summed E-state index contributed by atoms with van der Waals surface area (Å²) in [5.41, 5.74) is 11.7. The summed E-state index contributed by atoms with van der Waals surface area (Å²) in [7, 11) is 0. The Morgan fingerprint density at radius 2 is 0.974 bits per heavy atom. The van der Waals surface area contributed by atoms with E-state index in [9.17, 15) is 9.59 Å². The van der Waals surface area contributed by atoms with Gasteiger partial charge in [0.1, 0.15) is 24.7 Å². The van der Waals surface area contributed by atoms with Crippen molar-refractivity contribution in [1.29, 1.82) is 0 Å². The van der Waals surface area contributed by atoms with Gasteiger partial charge in [-0.2, -0.15) is 0 Å². The van der Waals surface area contributed by atoms with Gasteiger partial charge in [-0.3, -0.25) is 9.59 Å². The van der Waals surface area contributed by atoms with Crippen molar-refractivity contribution < 1.29 is 19.1 Å². The highest BCUT2D eigenvalue weighted by molar-refractivity contribution is 5.81. The van der Waals surface area contributed by atoms with Crippen molar-refractivity contribution in [2.24, 2.45) is 11.5 Å². The van der Waals surface area contributed by atoms with Crippen molar-refractivity contribution in [3.05, 3.63) is 24.3 Å². The second-order valence-electron chi connectivity index (χ2n) is 10.2. The number of carbonyl (C=O) groups is 2. The summed E-state index contributed by atoms with van der Waals surface area (Å²) >= 11 is 0. The van der Waals surface area contributed by atoms with E-state index in [0.717, 1.165) is 25.7 Å². The molecule has 8 nitrogen and oxygen atoms in total.